The highest BCUT2D eigenvalue weighted by Gasteiger charge is 2.42. The van der Waals surface area contributed by atoms with Crippen molar-refractivity contribution < 1.29 is 26.5 Å². The van der Waals surface area contributed by atoms with E-state index in [1.807, 2.05) is 18.2 Å². The van der Waals surface area contributed by atoms with Crippen molar-refractivity contribution in [2.45, 2.75) is 48.4 Å². The molecule has 160 valence electrons. The van der Waals surface area contributed by atoms with Gasteiger partial charge < -0.3 is 9.72 Å². The predicted octanol–water partition coefficient (Wildman–Crippen LogP) is 4.81. The summed E-state index contributed by atoms with van der Waals surface area (Å²) in [5, 5.41) is -0.200. The molecule has 0 amide bonds. The van der Waals surface area contributed by atoms with Crippen LogP contribution in [-0.2, 0) is 17.2 Å². The van der Waals surface area contributed by atoms with Gasteiger partial charge in [-0.15, -0.1) is 0 Å². The number of rotatable bonds is 6. The molecule has 2 heterocycles. The SMILES string of the molecule is O=[S@](c1nc2ccccc2[nH]1)[C@H]1CCCCc2c(OCC(F)(F)C(F)F)ccnc21. The molecule has 5 nitrogen and oxygen atoms in total. The van der Waals surface area contributed by atoms with Gasteiger partial charge in [-0.25, -0.2) is 13.8 Å². The first-order valence-electron chi connectivity index (χ1n) is 9.48. The van der Waals surface area contributed by atoms with Gasteiger partial charge in [-0.05, 0) is 37.5 Å². The van der Waals surface area contributed by atoms with Crippen molar-refractivity contribution in [3.05, 3.63) is 47.8 Å². The summed E-state index contributed by atoms with van der Waals surface area (Å²) < 4.78 is 70.0. The number of imidazole rings is 1. The number of alkyl halides is 4. The van der Waals surface area contributed by atoms with Crippen LogP contribution in [0, 0.1) is 0 Å². The molecule has 4 rings (SSSR count). The average Bonchev–Trinajstić information content (AvgIpc) is 3.04. The number of para-hydroxylation sites is 2. The number of fused-ring (bicyclic) bond motifs is 2. The number of hydrogen-bond donors (Lipinski definition) is 1. The van der Waals surface area contributed by atoms with Crippen LogP contribution in [0.25, 0.3) is 11.0 Å². The van der Waals surface area contributed by atoms with Gasteiger partial charge in [0.15, 0.2) is 11.8 Å². The lowest BCUT2D eigenvalue weighted by Gasteiger charge is -2.20. The number of H-pyrrole nitrogens is 1. The number of nitrogens with zero attached hydrogens (tertiary/aromatic N) is 2. The highest BCUT2D eigenvalue weighted by Crippen LogP contribution is 2.38. The summed E-state index contributed by atoms with van der Waals surface area (Å²) in [6, 6.07) is 8.69. The van der Waals surface area contributed by atoms with Gasteiger partial charge in [0.25, 0.3) is 0 Å². The summed E-state index contributed by atoms with van der Waals surface area (Å²) in [6.45, 7) is -1.43. The molecule has 1 aliphatic rings. The highest BCUT2D eigenvalue weighted by molar-refractivity contribution is 7.85. The quantitative estimate of drug-likeness (QED) is 0.440. The number of nitrogens with one attached hydrogen (secondary N) is 1. The minimum absolute atomic E-state index is 0.0776. The van der Waals surface area contributed by atoms with Crippen molar-refractivity contribution in [1.82, 2.24) is 15.0 Å². The Balaban J connectivity index is 1.65. The number of ether oxygens (including phenoxy) is 1. The van der Waals surface area contributed by atoms with Crippen molar-refractivity contribution in [3.8, 4) is 5.75 Å². The minimum atomic E-state index is -4.25. The van der Waals surface area contributed by atoms with Gasteiger partial charge in [-0.3, -0.25) is 9.19 Å². The largest absolute Gasteiger partial charge is 0.487 e. The van der Waals surface area contributed by atoms with Crippen LogP contribution in [0.5, 0.6) is 5.75 Å². The number of pyridine rings is 1. The Hall–Kier alpha value is -2.49. The first-order valence-corrected chi connectivity index (χ1v) is 10.7. The second kappa shape index (κ2) is 8.33. The minimum Gasteiger partial charge on any atom is -0.487 e. The number of halogens is 4. The normalized spacial score (nSPS) is 18.2. The van der Waals surface area contributed by atoms with Gasteiger partial charge in [0.2, 0.25) is 0 Å². The lowest BCUT2D eigenvalue weighted by Crippen LogP contribution is -2.34. The van der Waals surface area contributed by atoms with Gasteiger partial charge in [0.1, 0.15) is 5.75 Å². The summed E-state index contributed by atoms with van der Waals surface area (Å²) in [7, 11) is -1.56. The van der Waals surface area contributed by atoms with Crippen LogP contribution in [-0.4, -0.2) is 38.1 Å². The lowest BCUT2D eigenvalue weighted by molar-refractivity contribution is -0.148. The smallest absolute Gasteiger partial charge is 0.340 e. The number of benzene rings is 1. The zero-order chi connectivity index (χ0) is 21.3. The molecule has 30 heavy (non-hydrogen) atoms. The second-order valence-corrected chi connectivity index (χ2v) is 8.66. The third kappa shape index (κ3) is 4.05. The Labute approximate surface area is 172 Å². The van der Waals surface area contributed by atoms with E-state index in [-0.39, 0.29) is 5.75 Å². The molecule has 2 atom stereocenters. The molecular weight excluding hydrogens is 422 g/mol. The standard InChI is InChI=1S/C20H19F4N3O2S/c21-18(22)20(23,24)11-29-15-9-10-25-17-12(15)5-1-4-8-16(17)30(28)19-26-13-6-2-3-7-14(13)27-19/h2-3,6-7,9-10,16,18H,1,4-5,8,11H2,(H,26,27)/t16-,30-/m0/s1. The van der Waals surface area contributed by atoms with Crippen molar-refractivity contribution in [3.63, 3.8) is 0 Å². The summed E-state index contributed by atoms with van der Waals surface area (Å²) in [5.74, 6) is -4.17. The molecule has 0 saturated carbocycles. The molecule has 0 spiro atoms. The molecule has 10 heteroatoms. The summed E-state index contributed by atoms with van der Waals surface area (Å²) in [6.07, 6.45) is 0.0648. The molecular formula is C20H19F4N3O2S. The third-order valence-electron chi connectivity index (χ3n) is 5.05. The topological polar surface area (TPSA) is 67.9 Å². The molecule has 3 aromatic rings. The van der Waals surface area contributed by atoms with E-state index in [1.54, 1.807) is 6.07 Å². The van der Waals surface area contributed by atoms with Crippen LogP contribution >= 0.6 is 0 Å². The Kier molecular flexibility index (Phi) is 5.77. The monoisotopic (exact) mass is 441 g/mol. The zero-order valence-corrected chi connectivity index (χ0v) is 16.6. The molecule has 0 unspecified atom stereocenters. The Morgan fingerprint density at radius 3 is 2.80 bits per heavy atom. The molecule has 0 bridgehead atoms. The molecule has 1 aromatic carbocycles. The maximum Gasteiger partial charge on any atom is 0.340 e. The first-order chi connectivity index (χ1) is 14.4. The molecule has 0 fully saturated rings. The third-order valence-corrected chi connectivity index (χ3v) is 6.60. The highest BCUT2D eigenvalue weighted by atomic mass is 32.2. The van der Waals surface area contributed by atoms with Crippen molar-refractivity contribution in [2.24, 2.45) is 0 Å². The second-order valence-electron chi connectivity index (χ2n) is 7.11. The molecule has 2 aromatic heterocycles. The van der Waals surface area contributed by atoms with E-state index in [0.29, 0.717) is 41.2 Å². The van der Waals surface area contributed by atoms with Crippen molar-refractivity contribution in [2.75, 3.05) is 6.61 Å². The van der Waals surface area contributed by atoms with Gasteiger partial charge >= 0.3 is 12.3 Å². The van der Waals surface area contributed by atoms with Gasteiger partial charge in [0.05, 0.1) is 32.8 Å². The van der Waals surface area contributed by atoms with E-state index >= 15 is 0 Å². The van der Waals surface area contributed by atoms with Gasteiger partial charge in [-0.2, -0.15) is 8.78 Å². The van der Waals surface area contributed by atoms with E-state index in [0.717, 1.165) is 11.9 Å². The molecule has 1 N–H and O–H groups in total. The van der Waals surface area contributed by atoms with E-state index in [4.69, 9.17) is 4.74 Å². The van der Waals surface area contributed by atoms with Crippen LogP contribution in [0.15, 0.2) is 41.7 Å². The van der Waals surface area contributed by atoms with Crippen molar-refractivity contribution >= 4 is 21.8 Å². The Morgan fingerprint density at radius 1 is 1.23 bits per heavy atom. The lowest BCUT2D eigenvalue weighted by atomic mass is 10.1. The van der Waals surface area contributed by atoms with E-state index in [2.05, 4.69) is 15.0 Å². The van der Waals surface area contributed by atoms with Crippen molar-refractivity contribution in [1.29, 1.82) is 0 Å². The van der Waals surface area contributed by atoms with E-state index < -0.39 is 35.0 Å². The number of aromatic nitrogens is 3. The maximum absolute atomic E-state index is 13.3. The predicted molar refractivity (Wildman–Crippen MR) is 103 cm³/mol. The molecule has 1 aliphatic carbocycles. The zero-order valence-electron chi connectivity index (χ0n) is 15.8. The fraction of sp³-hybridized carbons (Fsp3) is 0.400. The number of aromatic amines is 1. The summed E-state index contributed by atoms with van der Waals surface area (Å²) >= 11 is 0. The first kappa shape index (κ1) is 20.8. The van der Waals surface area contributed by atoms with Crippen LogP contribution in [0.4, 0.5) is 17.6 Å². The van der Waals surface area contributed by atoms with Crippen LogP contribution in [0.3, 0.4) is 0 Å². The fourth-order valence-corrected chi connectivity index (χ4v) is 4.98. The van der Waals surface area contributed by atoms with Crippen LogP contribution in [0.1, 0.15) is 35.8 Å². The summed E-state index contributed by atoms with van der Waals surface area (Å²) in [4.78, 5) is 11.8. The average molecular weight is 441 g/mol. The van der Waals surface area contributed by atoms with E-state index in [1.165, 1.54) is 12.3 Å². The van der Waals surface area contributed by atoms with Gasteiger partial charge in [-0.1, -0.05) is 18.6 Å². The van der Waals surface area contributed by atoms with E-state index in [9.17, 15) is 21.8 Å². The maximum atomic E-state index is 13.3. The van der Waals surface area contributed by atoms with Crippen LogP contribution < -0.4 is 4.74 Å². The summed E-state index contributed by atoms with van der Waals surface area (Å²) in [5.41, 5.74) is 2.46. The molecule has 0 radical (unpaired) electrons. The van der Waals surface area contributed by atoms with Crippen LogP contribution in [0.2, 0.25) is 0 Å². The Morgan fingerprint density at radius 2 is 2.03 bits per heavy atom. The Bertz CT molecular complexity index is 1040. The fourth-order valence-electron chi connectivity index (χ4n) is 3.53. The van der Waals surface area contributed by atoms with Gasteiger partial charge in [0, 0.05) is 11.8 Å². The molecule has 0 saturated heterocycles. The molecule has 0 aliphatic heterocycles. The number of hydrogen-bond acceptors (Lipinski definition) is 4.